The van der Waals surface area contributed by atoms with Crippen LogP contribution in [0.1, 0.15) is 33.5 Å². The zero-order valence-electron chi connectivity index (χ0n) is 14.3. The van der Waals surface area contributed by atoms with Crippen LogP contribution in [-0.4, -0.2) is 10.7 Å². The fourth-order valence-corrected chi connectivity index (χ4v) is 2.94. The summed E-state index contributed by atoms with van der Waals surface area (Å²) in [6.07, 6.45) is 1.52. The average molecular weight is 345 g/mol. The van der Waals surface area contributed by atoms with Gasteiger partial charge in [-0.2, -0.15) is 0 Å². The van der Waals surface area contributed by atoms with Gasteiger partial charge in [0.1, 0.15) is 0 Å². The van der Waals surface area contributed by atoms with Crippen LogP contribution in [0.25, 0.3) is 0 Å². The summed E-state index contributed by atoms with van der Waals surface area (Å²) in [5, 5.41) is 11.1. The van der Waals surface area contributed by atoms with Gasteiger partial charge in [-0.15, -0.1) is 0 Å². The maximum Gasteiger partial charge on any atom is 0.270 e. The molecule has 0 N–H and O–H groups in total. The molecule has 0 spiro atoms. The van der Waals surface area contributed by atoms with Crippen molar-refractivity contribution in [2.75, 3.05) is 0 Å². The molecule has 0 aliphatic rings. The van der Waals surface area contributed by atoms with Crippen LogP contribution in [0.2, 0.25) is 0 Å². The van der Waals surface area contributed by atoms with E-state index in [4.69, 9.17) is 0 Å². The molecule has 0 aliphatic heterocycles. The number of carbonyl (C=O) groups excluding carboxylic acids is 1. The van der Waals surface area contributed by atoms with Crippen LogP contribution in [0.3, 0.4) is 0 Å². The van der Waals surface area contributed by atoms with E-state index in [0.717, 1.165) is 16.7 Å². The summed E-state index contributed by atoms with van der Waals surface area (Å²) < 4.78 is 0. The molecule has 0 amide bonds. The van der Waals surface area contributed by atoms with E-state index in [9.17, 15) is 14.9 Å². The molecular formula is C22H19NO3. The lowest BCUT2D eigenvalue weighted by molar-refractivity contribution is -0.384. The highest BCUT2D eigenvalue weighted by molar-refractivity contribution is 5.98. The number of benzene rings is 3. The molecule has 4 heteroatoms. The average Bonchev–Trinajstić information content (AvgIpc) is 2.68. The molecule has 3 rings (SSSR count). The van der Waals surface area contributed by atoms with E-state index in [1.165, 1.54) is 12.1 Å². The molecule has 0 saturated heterocycles. The largest absolute Gasteiger partial charge is 0.294 e. The Bertz CT molecular complexity index is 905. The van der Waals surface area contributed by atoms with Crippen LogP contribution in [0, 0.1) is 10.1 Å². The first-order chi connectivity index (χ1) is 12.6. The second kappa shape index (κ2) is 8.21. The lowest BCUT2D eigenvalue weighted by Crippen LogP contribution is -2.07. The number of ketones is 1. The van der Waals surface area contributed by atoms with Gasteiger partial charge in [0.15, 0.2) is 5.78 Å². The number of hydrogen-bond donors (Lipinski definition) is 0. The van der Waals surface area contributed by atoms with Crippen molar-refractivity contribution >= 4 is 11.5 Å². The number of aryl methyl sites for hydroxylation is 1. The van der Waals surface area contributed by atoms with Crippen molar-refractivity contribution in [1.29, 1.82) is 0 Å². The first kappa shape index (κ1) is 17.5. The molecule has 0 radical (unpaired) electrons. The van der Waals surface area contributed by atoms with Crippen molar-refractivity contribution in [3.8, 4) is 0 Å². The molecule has 0 saturated carbocycles. The van der Waals surface area contributed by atoms with E-state index in [-0.39, 0.29) is 11.5 Å². The third kappa shape index (κ3) is 4.42. The normalized spacial score (nSPS) is 10.5. The minimum absolute atomic E-state index is 0.0510. The van der Waals surface area contributed by atoms with Gasteiger partial charge >= 0.3 is 0 Å². The van der Waals surface area contributed by atoms with E-state index < -0.39 is 4.92 Å². The van der Waals surface area contributed by atoms with Crippen molar-refractivity contribution in [1.82, 2.24) is 0 Å². The fraction of sp³-hybridized carbons (Fsp3) is 0.136. The zero-order chi connectivity index (χ0) is 18.4. The first-order valence-electron chi connectivity index (χ1n) is 8.52. The number of non-ortho nitro benzene ring substituents is 1. The molecule has 0 fully saturated rings. The van der Waals surface area contributed by atoms with Crippen molar-refractivity contribution in [2.24, 2.45) is 0 Å². The zero-order valence-corrected chi connectivity index (χ0v) is 14.3. The number of nitrogens with zero attached hydrogens (tertiary/aromatic N) is 1. The monoisotopic (exact) mass is 345 g/mol. The van der Waals surface area contributed by atoms with Gasteiger partial charge in [-0.3, -0.25) is 14.9 Å². The van der Waals surface area contributed by atoms with Crippen molar-refractivity contribution in [3.63, 3.8) is 0 Å². The fourth-order valence-electron chi connectivity index (χ4n) is 2.94. The van der Waals surface area contributed by atoms with E-state index in [1.54, 1.807) is 6.07 Å². The molecule has 0 atom stereocenters. The van der Waals surface area contributed by atoms with Crippen molar-refractivity contribution in [3.05, 3.63) is 111 Å². The lowest BCUT2D eigenvalue weighted by Gasteiger charge is -2.09. The third-order valence-electron chi connectivity index (χ3n) is 4.33. The second-order valence-electron chi connectivity index (χ2n) is 6.17. The van der Waals surface area contributed by atoms with Crippen LogP contribution in [0.5, 0.6) is 0 Å². The SMILES string of the molecule is O=C(CCc1ccccc1)c1cc([N+](=O)[O-])ccc1Cc1ccccc1. The van der Waals surface area contributed by atoms with E-state index in [0.29, 0.717) is 24.8 Å². The number of hydrogen-bond acceptors (Lipinski definition) is 3. The Kier molecular flexibility index (Phi) is 5.54. The molecule has 0 bridgehead atoms. The molecule has 0 unspecified atom stereocenters. The predicted molar refractivity (Wildman–Crippen MR) is 101 cm³/mol. The van der Waals surface area contributed by atoms with Crippen LogP contribution >= 0.6 is 0 Å². The standard InChI is InChI=1S/C22H19NO3/c24-22(14-11-17-7-3-1-4-8-17)21-16-20(23(25)26)13-12-19(21)15-18-9-5-2-6-10-18/h1-10,12-13,16H,11,14-15H2. The van der Waals surface area contributed by atoms with Gasteiger partial charge in [0.2, 0.25) is 0 Å². The van der Waals surface area contributed by atoms with Crippen molar-refractivity contribution in [2.45, 2.75) is 19.3 Å². The Morgan fingerprint density at radius 3 is 2.08 bits per heavy atom. The van der Waals surface area contributed by atoms with Gasteiger partial charge < -0.3 is 0 Å². The Balaban J connectivity index is 1.85. The quantitative estimate of drug-likeness (QED) is 0.344. The smallest absolute Gasteiger partial charge is 0.270 e. The number of rotatable bonds is 7. The molecule has 3 aromatic rings. The van der Waals surface area contributed by atoms with E-state index >= 15 is 0 Å². The molecule has 0 aliphatic carbocycles. The van der Waals surface area contributed by atoms with Gasteiger partial charge in [-0.05, 0) is 29.5 Å². The van der Waals surface area contributed by atoms with Crippen LogP contribution in [0.15, 0.2) is 78.9 Å². The summed E-state index contributed by atoms with van der Waals surface area (Å²) in [6.45, 7) is 0. The molecule has 0 aromatic heterocycles. The Hall–Kier alpha value is -3.27. The van der Waals surface area contributed by atoms with Crippen LogP contribution in [0.4, 0.5) is 5.69 Å². The summed E-state index contributed by atoms with van der Waals surface area (Å²) >= 11 is 0. The molecule has 130 valence electrons. The van der Waals surface area contributed by atoms with E-state index in [2.05, 4.69) is 0 Å². The number of nitro groups is 1. The lowest BCUT2D eigenvalue weighted by atomic mass is 9.94. The minimum atomic E-state index is -0.458. The minimum Gasteiger partial charge on any atom is -0.294 e. The Morgan fingerprint density at radius 2 is 1.46 bits per heavy atom. The number of nitro benzene ring substituents is 1. The maximum atomic E-state index is 12.8. The number of Topliss-reactive ketones (excluding diaryl/α,β-unsaturated/α-hetero) is 1. The summed E-state index contributed by atoms with van der Waals surface area (Å²) in [4.78, 5) is 23.4. The van der Waals surface area contributed by atoms with Gasteiger partial charge in [-0.25, -0.2) is 0 Å². The van der Waals surface area contributed by atoms with Gasteiger partial charge in [-0.1, -0.05) is 66.7 Å². The molecular weight excluding hydrogens is 326 g/mol. The van der Waals surface area contributed by atoms with Gasteiger partial charge in [0.05, 0.1) is 4.92 Å². The third-order valence-corrected chi connectivity index (χ3v) is 4.33. The highest BCUT2D eigenvalue weighted by Gasteiger charge is 2.17. The van der Waals surface area contributed by atoms with E-state index in [1.807, 2.05) is 60.7 Å². The summed E-state index contributed by atoms with van der Waals surface area (Å²) in [5.74, 6) is -0.0662. The molecule has 4 nitrogen and oxygen atoms in total. The number of carbonyl (C=O) groups is 1. The highest BCUT2D eigenvalue weighted by Crippen LogP contribution is 2.22. The predicted octanol–water partition coefficient (Wildman–Crippen LogP) is 5.00. The first-order valence-corrected chi connectivity index (χ1v) is 8.52. The van der Waals surface area contributed by atoms with Crippen LogP contribution in [-0.2, 0) is 12.8 Å². The topological polar surface area (TPSA) is 60.2 Å². The van der Waals surface area contributed by atoms with Gasteiger partial charge in [0.25, 0.3) is 5.69 Å². The molecule has 26 heavy (non-hydrogen) atoms. The van der Waals surface area contributed by atoms with Gasteiger partial charge in [0, 0.05) is 24.1 Å². The summed E-state index contributed by atoms with van der Waals surface area (Å²) in [6, 6.07) is 24.1. The Labute approximate surface area is 152 Å². The van der Waals surface area contributed by atoms with Crippen LogP contribution < -0.4 is 0 Å². The molecule has 0 heterocycles. The summed E-state index contributed by atoms with van der Waals surface area (Å²) in [7, 11) is 0. The maximum absolute atomic E-state index is 12.8. The second-order valence-corrected chi connectivity index (χ2v) is 6.17. The van der Waals surface area contributed by atoms with Crippen molar-refractivity contribution < 1.29 is 9.72 Å². The summed E-state index contributed by atoms with van der Waals surface area (Å²) in [5.41, 5.74) is 3.36. The Morgan fingerprint density at radius 1 is 0.846 bits per heavy atom. The highest BCUT2D eigenvalue weighted by atomic mass is 16.6. The molecule has 3 aromatic carbocycles.